The van der Waals surface area contributed by atoms with E-state index in [0.717, 1.165) is 133 Å². The van der Waals surface area contributed by atoms with Crippen LogP contribution in [0, 0.1) is 0 Å². The lowest BCUT2D eigenvalue weighted by Crippen LogP contribution is -2.19. The van der Waals surface area contributed by atoms with Crippen LogP contribution >= 0.6 is 11.8 Å². The molecule has 15 rings (SSSR count). The third-order valence-corrected chi connectivity index (χ3v) is 14.6. The van der Waals surface area contributed by atoms with Crippen molar-refractivity contribution >= 4 is 94.9 Å². The van der Waals surface area contributed by atoms with Gasteiger partial charge in [-0.2, -0.15) is 0 Å². The summed E-state index contributed by atoms with van der Waals surface area (Å²) in [5.74, 6) is 2.44. The monoisotopic (exact) mass is 928 g/mol. The molecule has 1 aliphatic heterocycles. The second kappa shape index (κ2) is 15.5. The van der Waals surface area contributed by atoms with Crippen molar-refractivity contribution < 1.29 is 0 Å². The summed E-state index contributed by atoms with van der Waals surface area (Å²) >= 11 is 1.75. The van der Waals surface area contributed by atoms with Crippen molar-refractivity contribution in [2.45, 2.75) is 9.79 Å². The van der Waals surface area contributed by atoms with Gasteiger partial charge in [-0.1, -0.05) is 84.6 Å². The average molecular weight is 929 g/mol. The molecule has 0 fully saturated rings. The van der Waals surface area contributed by atoms with Crippen LogP contribution in [0.3, 0.4) is 0 Å². The summed E-state index contributed by atoms with van der Waals surface area (Å²) in [5.41, 5.74) is 15.4. The van der Waals surface area contributed by atoms with E-state index < -0.39 is 0 Å². The summed E-state index contributed by atoms with van der Waals surface area (Å²) in [6.07, 6.45) is 5.53. The molecular formula is C60H36N10S. The molecule has 0 aliphatic carbocycles. The molecule has 0 spiro atoms. The maximum absolute atomic E-state index is 5.48. The smallest absolute Gasteiger partial charge is 0.220 e. The van der Waals surface area contributed by atoms with Gasteiger partial charge in [0.05, 0.1) is 66.7 Å². The van der Waals surface area contributed by atoms with Crippen LogP contribution in [0.5, 0.6) is 0 Å². The van der Waals surface area contributed by atoms with Crippen molar-refractivity contribution in [1.29, 1.82) is 0 Å². The van der Waals surface area contributed by atoms with Gasteiger partial charge in [0.2, 0.25) is 5.95 Å². The van der Waals surface area contributed by atoms with Crippen molar-refractivity contribution in [3.63, 3.8) is 0 Å². The highest BCUT2D eigenvalue weighted by Gasteiger charge is 2.31. The topological polar surface area (TPSA) is 95.4 Å². The summed E-state index contributed by atoms with van der Waals surface area (Å²) in [6.45, 7) is 0. The predicted molar refractivity (Wildman–Crippen MR) is 286 cm³/mol. The van der Waals surface area contributed by atoms with E-state index in [1.807, 2.05) is 55.0 Å². The number of aromatic nitrogens is 9. The quantitative estimate of drug-likeness (QED) is 0.163. The fourth-order valence-electron chi connectivity index (χ4n) is 10.3. The second-order valence-corrected chi connectivity index (χ2v) is 18.8. The molecule has 6 aromatic heterocycles. The molecular weight excluding hydrogens is 893 g/mol. The molecule has 1 aliphatic rings. The molecule has 0 amide bonds. The van der Waals surface area contributed by atoms with Crippen molar-refractivity contribution in [2.75, 3.05) is 4.90 Å². The minimum Gasteiger partial charge on any atom is -0.292 e. The van der Waals surface area contributed by atoms with E-state index in [9.17, 15) is 0 Å². The zero-order valence-corrected chi connectivity index (χ0v) is 38.5. The Morgan fingerprint density at radius 1 is 0.324 bits per heavy atom. The molecule has 0 bridgehead atoms. The van der Waals surface area contributed by atoms with Gasteiger partial charge in [0.25, 0.3) is 0 Å². The Balaban J connectivity index is 0.955. The van der Waals surface area contributed by atoms with E-state index in [2.05, 4.69) is 182 Å². The number of pyridine rings is 3. The van der Waals surface area contributed by atoms with Gasteiger partial charge in [0.15, 0.2) is 0 Å². The Morgan fingerprint density at radius 2 is 0.732 bits per heavy atom. The first-order valence-corrected chi connectivity index (χ1v) is 24.2. The molecule has 332 valence electrons. The van der Waals surface area contributed by atoms with E-state index in [1.54, 1.807) is 11.8 Å². The highest BCUT2D eigenvalue weighted by atomic mass is 32.2. The number of hydrogen-bond donors (Lipinski definition) is 0. The highest BCUT2D eigenvalue weighted by Crippen LogP contribution is 2.54. The standard InChI is InChI=1S/C60H36N10S/c1-4-16-51-45(13-1)64-58(67(51)42-24-19-37-10-7-29-61-48(37)34-42)40-22-27-54-56(32-40)71-57-33-41(59-65-46-14-2-5-17-52(46)68(59)43-25-20-38-11-8-30-62-49(38)35-43)23-28-55(57)70(54)60-66-47-15-3-6-18-53(47)69(60)44-26-21-39-12-9-31-63-50(39)36-44/h1-36H. The van der Waals surface area contributed by atoms with E-state index >= 15 is 0 Å². The first-order chi connectivity index (χ1) is 35.2. The molecule has 0 unspecified atom stereocenters. The van der Waals surface area contributed by atoms with Crippen LogP contribution in [-0.2, 0) is 0 Å². The van der Waals surface area contributed by atoms with Gasteiger partial charge in [-0.3, -0.25) is 33.6 Å². The predicted octanol–water partition coefficient (Wildman–Crippen LogP) is 14.6. The number of nitrogens with zero attached hydrogens (tertiary/aromatic N) is 10. The largest absolute Gasteiger partial charge is 0.292 e. The van der Waals surface area contributed by atoms with Gasteiger partial charge in [-0.25, -0.2) is 15.0 Å². The Bertz CT molecular complexity index is 4290. The first kappa shape index (κ1) is 39.5. The van der Waals surface area contributed by atoms with Gasteiger partial charge in [-0.05, 0) is 127 Å². The fraction of sp³-hybridized carbons (Fsp3) is 0. The van der Waals surface area contributed by atoms with Crippen LogP contribution in [-0.4, -0.2) is 43.6 Å². The maximum Gasteiger partial charge on any atom is 0.220 e. The van der Waals surface area contributed by atoms with Crippen LogP contribution in [0.2, 0.25) is 0 Å². The third-order valence-electron chi connectivity index (χ3n) is 13.5. The van der Waals surface area contributed by atoms with Gasteiger partial charge < -0.3 is 0 Å². The van der Waals surface area contributed by atoms with Crippen molar-refractivity contribution in [3.8, 4) is 39.8 Å². The Hall–Kier alpha value is -9.45. The normalized spacial score (nSPS) is 12.4. The molecule has 7 heterocycles. The zero-order chi connectivity index (χ0) is 46.6. The number of fused-ring (bicyclic) bond motifs is 8. The lowest BCUT2D eigenvalue weighted by molar-refractivity contribution is 1.01. The summed E-state index contributed by atoms with van der Waals surface area (Å²) < 4.78 is 6.76. The summed E-state index contributed by atoms with van der Waals surface area (Å²) in [6, 6.07) is 69.9. The van der Waals surface area contributed by atoms with Crippen molar-refractivity contribution in [2.24, 2.45) is 0 Å². The van der Waals surface area contributed by atoms with E-state index in [1.165, 1.54) is 0 Å². The molecule has 71 heavy (non-hydrogen) atoms. The maximum atomic E-state index is 5.48. The average Bonchev–Trinajstić information content (AvgIpc) is 4.14. The SMILES string of the molecule is c1cnc2cc(-n3c(-c4ccc5c(c4)Sc4cc(-c6nc7ccccc7n6-c6ccc7cccnc7c6)ccc4N5c4nc5ccccc5n4-c4ccc5cccnc5c4)nc4ccccc43)ccc2c1. The summed E-state index contributed by atoms with van der Waals surface area (Å²) in [5, 5.41) is 3.24. The number of anilines is 3. The molecule has 14 aromatic rings. The molecule has 0 N–H and O–H groups in total. The number of para-hydroxylation sites is 6. The van der Waals surface area contributed by atoms with Crippen LogP contribution in [0.4, 0.5) is 17.3 Å². The van der Waals surface area contributed by atoms with E-state index in [4.69, 9.17) is 29.9 Å². The second-order valence-electron chi connectivity index (χ2n) is 17.7. The Kier molecular flexibility index (Phi) is 8.65. The lowest BCUT2D eigenvalue weighted by atomic mass is 10.1. The number of benzene rings is 8. The zero-order valence-electron chi connectivity index (χ0n) is 37.7. The number of hydrogen-bond acceptors (Lipinski definition) is 8. The van der Waals surface area contributed by atoms with Gasteiger partial charge in [0.1, 0.15) is 11.6 Å². The summed E-state index contributed by atoms with van der Waals surface area (Å²) in [4.78, 5) is 34.8. The van der Waals surface area contributed by atoms with Crippen LogP contribution < -0.4 is 4.90 Å². The third kappa shape index (κ3) is 6.30. The van der Waals surface area contributed by atoms with Crippen molar-refractivity contribution in [3.05, 3.63) is 219 Å². The Labute approximate surface area is 409 Å². The van der Waals surface area contributed by atoms with Crippen molar-refractivity contribution in [1.82, 2.24) is 43.6 Å². The molecule has 10 nitrogen and oxygen atoms in total. The molecule has 11 heteroatoms. The van der Waals surface area contributed by atoms with Crippen LogP contribution in [0.25, 0.3) is 106 Å². The minimum atomic E-state index is 0.761. The van der Waals surface area contributed by atoms with Gasteiger partial charge in [0, 0.05) is 67.0 Å². The molecule has 8 aromatic carbocycles. The first-order valence-electron chi connectivity index (χ1n) is 23.4. The van der Waals surface area contributed by atoms with Gasteiger partial charge >= 0.3 is 0 Å². The minimum absolute atomic E-state index is 0.761. The molecule has 0 saturated heterocycles. The Morgan fingerprint density at radius 3 is 1.20 bits per heavy atom. The summed E-state index contributed by atoms with van der Waals surface area (Å²) in [7, 11) is 0. The fourth-order valence-corrected chi connectivity index (χ4v) is 11.4. The van der Waals surface area contributed by atoms with Crippen LogP contribution in [0.15, 0.2) is 229 Å². The molecule has 0 radical (unpaired) electrons. The molecule has 0 saturated carbocycles. The van der Waals surface area contributed by atoms with E-state index in [0.29, 0.717) is 0 Å². The highest BCUT2D eigenvalue weighted by molar-refractivity contribution is 7.99. The lowest BCUT2D eigenvalue weighted by Gasteiger charge is -2.33. The van der Waals surface area contributed by atoms with Gasteiger partial charge in [-0.15, -0.1) is 0 Å². The number of rotatable bonds is 6. The van der Waals surface area contributed by atoms with Crippen LogP contribution in [0.1, 0.15) is 0 Å². The number of imidazole rings is 3. The van der Waals surface area contributed by atoms with E-state index in [-0.39, 0.29) is 0 Å². The molecule has 0 atom stereocenters.